The van der Waals surface area contributed by atoms with Crippen LogP contribution in [0.3, 0.4) is 0 Å². The van der Waals surface area contributed by atoms with E-state index in [1.807, 2.05) is 13.8 Å². The molecule has 0 aliphatic carbocycles. The number of unbranched alkanes of at least 4 members (excludes halogenated alkanes) is 14. The van der Waals surface area contributed by atoms with Gasteiger partial charge in [-0.2, -0.15) is 0 Å². The first-order chi connectivity index (χ1) is 14.5. The van der Waals surface area contributed by atoms with Crippen LogP contribution >= 0.6 is 0 Å². The summed E-state index contributed by atoms with van der Waals surface area (Å²) in [5.41, 5.74) is 0. The highest BCUT2D eigenvalue weighted by Crippen LogP contribution is 2.14. The maximum atomic E-state index is 10.3. The minimum atomic E-state index is -0.653. The quantitative estimate of drug-likeness (QED) is 0.165. The summed E-state index contributed by atoms with van der Waals surface area (Å²) in [6, 6.07) is 0. The van der Waals surface area contributed by atoms with Crippen molar-refractivity contribution >= 4 is 5.97 Å². The SMILES string of the molecule is CCCC(O)C(CC)CO.CCCCCCCCCCCCCCCCCC(=O)O. The summed E-state index contributed by atoms with van der Waals surface area (Å²) in [5, 5.41) is 26.6. The van der Waals surface area contributed by atoms with E-state index < -0.39 is 5.97 Å². The van der Waals surface area contributed by atoms with Gasteiger partial charge in [0, 0.05) is 18.9 Å². The molecule has 0 aliphatic heterocycles. The number of aliphatic hydroxyl groups is 2. The predicted molar refractivity (Wildman–Crippen MR) is 129 cm³/mol. The second-order valence-electron chi connectivity index (χ2n) is 8.80. The molecule has 2 atom stereocenters. The highest BCUT2D eigenvalue weighted by atomic mass is 16.4. The molecule has 0 aromatic heterocycles. The number of aliphatic hydroxyl groups excluding tert-OH is 2. The zero-order valence-electron chi connectivity index (χ0n) is 20.5. The molecular weight excluding hydrogens is 376 g/mol. The lowest BCUT2D eigenvalue weighted by molar-refractivity contribution is -0.137. The summed E-state index contributed by atoms with van der Waals surface area (Å²) in [6.45, 7) is 6.40. The van der Waals surface area contributed by atoms with E-state index in [0.29, 0.717) is 6.42 Å². The molecule has 0 amide bonds. The second-order valence-corrected chi connectivity index (χ2v) is 8.80. The van der Waals surface area contributed by atoms with Gasteiger partial charge in [-0.25, -0.2) is 0 Å². The number of hydrogen-bond donors (Lipinski definition) is 3. The molecule has 3 N–H and O–H groups in total. The molecule has 0 bridgehead atoms. The summed E-state index contributed by atoms with van der Waals surface area (Å²) < 4.78 is 0. The lowest BCUT2D eigenvalue weighted by atomic mass is 9.97. The van der Waals surface area contributed by atoms with Crippen molar-refractivity contribution in [1.29, 1.82) is 0 Å². The van der Waals surface area contributed by atoms with E-state index in [1.54, 1.807) is 0 Å². The normalized spacial score (nSPS) is 12.8. The molecule has 0 spiro atoms. The van der Waals surface area contributed by atoms with Crippen LogP contribution in [-0.4, -0.2) is 34.0 Å². The van der Waals surface area contributed by atoms with Gasteiger partial charge in [-0.15, -0.1) is 0 Å². The van der Waals surface area contributed by atoms with Crippen molar-refractivity contribution in [2.75, 3.05) is 6.61 Å². The van der Waals surface area contributed by atoms with E-state index in [-0.39, 0.29) is 18.6 Å². The van der Waals surface area contributed by atoms with Gasteiger partial charge in [-0.3, -0.25) is 4.79 Å². The lowest BCUT2D eigenvalue weighted by Gasteiger charge is -2.17. The standard InChI is InChI=1S/C18H36O2.C8H18O2/c1-2-3-4-5-6-7-8-9-10-11-12-13-14-15-16-17-18(19)20;1-3-5-8(10)7(4-2)6-9/h2-17H2,1H3,(H,19,20);7-10H,3-6H2,1-2H3. The topological polar surface area (TPSA) is 77.8 Å². The Labute approximate surface area is 187 Å². The molecule has 30 heavy (non-hydrogen) atoms. The Morgan fingerprint density at radius 3 is 1.37 bits per heavy atom. The maximum absolute atomic E-state index is 10.3. The highest BCUT2D eigenvalue weighted by Gasteiger charge is 2.14. The second kappa shape index (κ2) is 26.4. The van der Waals surface area contributed by atoms with Crippen molar-refractivity contribution < 1.29 is 20.1 Å². The third-order valence-corrected chi connectivity index (χ3v) is 5.88. The van der Waals surface area contributed by atoms with Crippen LogP contribution < -0.4 is 0 Å². The Kier molecular flexibility index (Phi) is 27.8. The molecule has 0 aliphatic rings. The summed E-state index contributed by atoms with van der Waals surface area (Å²) in [7, 11) is 0. The van der Waals surface area contributed by atoms with Gasteiger partial charge in [0.15, 0.2) is 0 Å². The summed E-state index contributed by atoms with van der Waals surface area (Å²) in [5.74, 6) is -0.570. The molecule has 4 heteroatoms. The van der Waals surface area contributed by atoms with Crippen molar-refractivity contribution in [3.8, 4) is 0 Å². The van der Waals surface area contributed by atoms with Crippen LogP contribution in [0.4, 0.5) is 0 Å². The van der Waals surface area contributed by atoms with Gasteiger partial charge in [0.1, 0.15) is 0 Å². The monoisotopic (exact) mass is 430 g/mol. The van der Waals surface area contributed by atoms with Crippen molar-refractivity contribution in [2.45, 2.75) is 149 Å². The van der Waals surface area contributed by atoms with E-state index in [0.717, 1.165) is 32.1 Å². The average molecular weight is 431 g/mol. The number of carboxylic acid groups (broad SMARTS) is 1. The Balaban J connectivity index is 0. The van der Waals surface area contributed by atoms with Crippen LogP contribution in [0.5, 0.6) is 0 Å². The minimum absolute atomic E-state index is 0.0833. The van der Waals surface area contributed by atoms with Gasteiger partial charge in [0.25, 0.3) is 0 Å². The number of carbonyl (C=O) groups is 1. The zero-order chi connectivity index (χ0) is 22.9. The average Bonchev–Trinajstić information content (AvgIpc) is 2.72. The van der Waals surface area contributed by atoms with Gasteiger partial charge in [-0.05, 0) is 19.3 Å². The Morgan fingerprint density at radius 2 is 1.07 bits per heavy atom. The molecule has 0 fully saturated rings. The molecule has 0 aromatic rings. The van der Waals surface area contributed by atoms with Crippen molar-refractivity contribution in [1.82, 2.24) is 0 Å². The molecule has 0 saturated carbocycles. The molecule has 2 unspecified atom stereocenters. The number of rotatable bonds is 21. The van der Waals surface area contributed by atoms with Crippen LogP contribution in [-0.2, 0) is 4.79 Å². The fourth-order valence-corrected chi connectivity index (χ4v) is 3.70. The van der Waals surface area contributed by atoms with Crippen LogP contribution in [0.25, 0.3) is 0 Å². The zero-order valence-corrected chi connectivity index (χ0v) is 20.5. The highest BCUT2D eigenvalue weighted by molar-refractivity contribution is 5.66. The molecule has 0 aromatic carbocycles. The van der Waals surface area contributed by atoms with E-state index in [2.05, 4.69) is 6.92 Å². The van der Waals surface area contributed by atoms with Gasteiger partial charge < -0.3 is 15.3 Å². The molecular formula is C26H54O4. The number of carboxylic acids is 1. The molecule has 0 saturated heterocycles. The Bertz CT molecular complexity index is 329. The first kappa shape index (κ1) is 31.6. The van der Waals surface area contributed by atoms with Gasteiger partial charge >= 0.3 is 5.97 Å². The fourth-order valence-electron chi connectivity index (χ4n) is 3.70. The number of aliphatic carboxylic acids is 1. The molecule has 0 radical (unpaired) electrons. The van der Waals surface area contributed by atoms with E-state index >= 15 is 0 Å². The third kappa shape index (κ3) is 25.4. The first-order valence-corrected chi connectivity index (χ1v) is 13.0. The van der Waals surface area contributed by atoms with Crippen LogP contribution in [0.2, 0.25) is 0 Å². The minimum Gasteiger partial charge on any atom is -0.481 e. The Hall–Kier alpha value is -0.610. The van der Waals surface area contributed by atoms with Crippen LogP contribution in [0.15, 0.2) is 0 Å². The molecule has 0 rings (SSSR count). The third-order valence-electron chi connectivity index (χ3n) is 5.88. The summed E-state index contributed by atoms with van der Waals surface area (Å²) in [6.07, 6.45) is 22.5. The van der Waals surface area contributed by atoms with Crippen LogP contribution in [0.1, 0.15) is 143 Å². The van der Waals surface area contributed by atoms with Gasteiger partial charge in [0.2, 0.25) is 0 Å². The first-order valence-electron chi connectivity index (χ1n) is 13.0. The predicted octanol–water partition coefficient (Wildman–Crippen LogP) is 7.50. The smallest absolute Gasteiger partial charge is 0.303 e. The Morgan fingerprint density at radius 1 is 0.667 bits per heavy atom. The van der Waals surface area contributed by atoms with Crippen molar-refractivity contribution in [2.24, 2.45) is 5.92 Å². The maximum Gasteiger partial charge on any atom is 0.303 e. The fraction of sp³-hybridized carbons (Fsp3) is 0.962. The van der Waals surface area contributed by atoms with E-state index in [1.165, 1.54) is 83.5 Å². The molecule has 0 heterocycles. The van der Waals surface area contributed by atoms with Crippen molar-refractivity contribution in [3.05, 3.63) is 0 Å². The van der Waals surface area contributed by atoms with Crippen molar-refractivity contribution in [3.63, 3.8) is 0 Å². The molecule has 4 nitrogen and oxygen atoms in total. The largest absolute Gasteiger partial charge is 0.481 e. The number of hydrogen-bond acceptors (Lipinski definition) is 3. The lowest BCUT2D eigenvalue weighted by Crippen LogP contribution is -2.22. The van der Waals surface area contributed by atoms with E-state index in [9.17, 15) is 9.90 Å². The van der Waals surface area contributed by atoms with Gasteiger partial charge in [-0.1, -0.05) is 117 Å². The summed E-state index contributed by atoms with van der Waals surface area (Å²) >= 11 is 0. The summed E-state index contributed by atoms with van der Waals surface area (Å²) in [4.78, 5) is 10.3. The molecule has 182 valence electrons. The van der Waals surface area contributed by atoms with Gasteiger partial charge in [0.05, 0.1) is 6.10 Å². The van der Waals surface area contributed by atoms with E-state index in [4.69, 9.17) is 10.2 Å². The van der Waals surface area contributed by atoms with Crippen LogP contribution in [0, 0.1) is 5.92 Å².